The van der Waals surface area contributed by atoms with Crippen molar-refractivity contribution in [2.75, 3.05) is 13.7 Å². The molecule has 0 saturated heterocycles. The molecule has 0 heterocycles. The summed E-state index contributed by atoms with van der Waals surface area (Å²) in [5, 5.41) is 14.5. The predicted molar refractivity (Wildman–Crippen MR) is 75.7 cm³/mol. The van der Waals surface area contributed by atoms with Crippen LogP contribution in [0.25, 0.3) is 0 Å². The average Bonchev–Trinajstić information content (AvgIpc) is 2.39. The number of ether oxygens (including phenoxy) is 1. The van der Waals surface area contributed by atoms with Gasteiger partial charge in [-0.3, -0.25) is 10.1 Å². The van der Waals surface area contributed by atoms with E-state index in [4.69, 9.17) is 4.74 Å². The van der Waals surface area contributed by atoms with Crippen LogP contribution in [-0.4, -0.2) is 24.6 Å². The zero-order valence-electron chi connectivity index (χ0n) is 11.8. The number of nitrogens with zero attached hydrogens (tertiary/aromatic N) is 1. The fourth-order valence-corrected chi connectivity index (χ4v) is 2.19. The van der Waals surface area contributed by atoms with E-state index in [1.807, 2.05) is 6.92 Å². The highest BCUT2D eigenvalue weighted by molar-refractivity contribution is 5.46. The minimum absolute atomic E-state index is 0.137. The molecule has 1 unspecified atom stereocenters. The number of likely N-dealkylation sites (N-methyl/N-ethyl adjacent to an activating group) is 1. The van der Waals surface area contributed by atoms with Gasteiger partial charge in [0.15, 0.2) is 0 Å². The lowest BCUT2D eigenvalue weighted by Crippen LogP contribution is -2.31. The summed E-state index contributed by atoms with van der Waals surface area (Å²) in [4.78, 5) is 10.8. The van der Waals surface area contributed by atoms with Gasteiger partial charge < -0.3 is 10.1 Å². The molecule has 1 rings (SSSR count). The van der Waals surface area contributed by atoms with Crippen LogP contribution in [0.1, 0.15) is 32.3 Å². The minimum Gasteiger partial charge on any atom is -0.497 e. The number of hydrogen-bond acceptors (Lipinski definition) is 4. The summed E-state index contributed by atoms with van der Waals surface area (Å²) in [5.74, 6) is 0.519. The van der Waals surface area contributed by atoms with Crippen LogP contribution in [0.4, 0.5) is 5.69 Å². The normalized spacial score (nSPS) is 12.2. The second-order valence-electron chi connectivity index (χ2n) is 4.50. The molecule has 1 aromatic rings. The van der Waals surface area contributed by atoms with Gasteiger partial charge in [0.1, 0.15) is 5.75 Å². The van der Waals surface area contributed by atoms with E-state index in [-0.39, 0.29) is 16.7 Å². The molecule has 0 spiro atoms. The first-order valence-corrected chi connectivity index (χ1v) is 6.67. The molecule has 1 atom stereocenters. The zero-order valence-corrected chi connectivity index (χ0v) is 11.8. The van der Waals surface area contributed by atoms with Crippen LogP contribution in [0.2, 0.25) is 0 Å². The Kier molecular flexibility index (Phi) is 6.29. The summed E-state index contributed by atoms with van der Waals surface area (Å²) in [5.41, 5.74) is 0.892. The van der Waals surface area contributed by atoms with Gasteiger partial charge in [-0.2, -0.15) is 0 Å². The lowest BCUT2D eigenvalue weighted by atomic mass is 10.0. The SMILES string of the molecule is CCCC(Cc1ccc(OC)cc1[N+](=O)[O-])NCC. The summed E-state index contributed by atoms with van der Waals surface area (Å²) in [6.07, 6.45) is 2.74. The molecule has 0 saturated carbocycles. The Bertz CT molecular complexity index is 415. The third-order valence-corrected chi connectivity index (χ3v) is 3.09. The number of rotatable bonds is 8. The molecule has 5 nitrogen and oxygen atoms in total. The lowest BCUT2D eigenvalue weighted by molar-refractivity contribution is -0.385. The molecular formula is C14H22N2O3. The summed E-state index contributed by atoms with van der Waals surface area (Å²) >= 11 is 0. The van der Waals surface area contributed by atoms with E-state index in [0.717, 1.165) is 24.9 Å². The van der Waals surface area contributed by atoms with Crippen molar-refractivity contribution in [3.63, 3.8) is 0 Å². The molecule has 0 amide bonds. The monoisotopic (exact) mass is 266 g/mol. The highest BCUT2D eigenvalue weighted by Crippen LogP contribution is 2.26. The Balaban J connectivity index is 2.94. The van der Waals surface area contributed by atoms with E-state index in [2.05, 4.69) is 12.2 Å². The minimum atomic E-state index is -0.340. The third kappa shape index (κ3) is 4.52. The molecule has 0 radical (unpaired) electrons. The molecule has 1 N–H and O–H groups in total. The Morgan fingerprint density at radius 2 is 2.16 bits per heavy atom. The number of benzene rings is 1. The summed E-state index contributed by atoms with van der Waals surface area (Å²) in [6.45, 7) is 5.03. The van der Waals surface area contributed by atoms with E-state index in [1.54, 1.807) is 12.1 Å². The smallest absolute Gasteiger partial charge is 0.276 e. The van der Waals surface area contributed by atoms with E-state index < -0.39 is 0 Å². The fourth-order valence-electron chi connectivity index (χ4n) is 2.19. The van der Waals surface area contributed by atoms with Crippen LogP contribution < -0.4 is 10.1 Å². The Labute approximate surface area is 114 Å². The van der Waals surface area contributed by atoms with Crippen molar-refractivity contribution in [3.05, 3.63) is 33.9 Å². The average molecular weight is 266 g/mol. The topological polar surface area (TPSA) is 64.4 Å². The maximum Gasteiger partial charge on any atom is 0.276 e. The van der Waals surface area contributed by atoms with E-state index in [0.29, 0.717) is 12.2 Å². The number of methoxy groups -OCH3 is 1. The number of nitro benzene ring substituents is 1. The molecule has 0 aliphatic rings. The quantitative estimate of drug-likeness (QED) is 0.580. The van der Waals surface area contributed by atoms with Gasteiger partial charge in [0.05, 0.1) is 18.1 Å². The Morgan fingerprint density at radius 1 is 1.42 bits per heavy atom. The second kappa shape index (κ2) is 7.74. The molecule has 0 bridgehead atoms. The van der Waals surface area contributed by atoms with Crippen molar-refractivity contribution < 1.29 is 9.66 Å². The van der Waals surface area contributed by atoms with Crippen LogP contribution >= 0.6 is 0 Å². The predicted octanol–water partition coefficient (Wildman–Crippen LogP) is 2.92. The zero-order chi connectivity index (χ0) is 14.3. The molecule has 0 aliphatic heterocycles. The fraction of sp³-hybridized carbons (Fsp3) is 0.571. The van der Waals surface area contributed by atoms with Gasteiger partial charge in [0.2, 0.25) is 0 Å². The Hall–Kier alpha value is -1.62. The van der Waals surface area contributed by atoms with Crippen LogP contribution in [0.15, 0.2) is 18.2 Å². The van der Waals surface area contributed by atoms with Gasteiger partial charge >= 0.3 is 0 Å². The summed E-state index contributed by atoms with van der Waals surface area (Å²) in [7, 11) is 1.51. The van der Waals surface area contributed by atoms with Crippen molar-refractivity contribution in [3.8, 4) is 5.75 Å². The molecular weight excluding hydrogens is 244 g/mol. The summed E-state index contributed by atoms with van der Waals surface area (Å²) < 4.78 is 5.04. The first-order valence-electron chi connectivity index (χ1n) is 6.67. The molecule has 0 aliphatic carbocycles. The van der Waals surface area contributed by atoms with Gasteiger partial charge in [0, 0.05) is 11.6 Å². The lowest BCUT2D eigenvalue weighted by Gasteiger charge is -2.17. The van der Waals surface area contributed by atoms with Crippen LogP contribution in [0, 0.1) is 10.1 Å². The molecule has 19 heavy (non-hydrogen) atoms. The van der Waals surface area contributed by atoms with Gasteiger partial charge in [-0.1, -0.05) is 20.3 Å². The second-order valence-corrected chi connectivity index (χ2v) is 4.50. The van der Waals surface area contributed by atoms with Crippen molar-refractivity contribution in [2.45, 2.75) is 39.2 Å². The van der Waals surface area contributed by atoms with Gasteiger partial charge in [-0.05, 0) is 31.5 Å². The first kappa shape index (κ1) is 15.4. The maximum atomic E-state index is 11.1. The standard InChI is InChI=1S/C14H22N2O3/c1-4-6-12(15-5-2)9-11-7-8-13(19-3)10-14(11)16(17)18/h7-8,10,12,15H,4-6,9H2,1-3H3. The molecule has 1 aromatic carbocycles. The van der Waals surface area contributed by atoms with E-state index in [9.17, 15) is 10.1 Å². The van der Waals surface area contributed by atoms with Crippen molar-refractivity contribution in [1.82, 2.24) is 5.32 Å². The van der Waals surface area contributed by atoms with Crippen LogP contribution in [0.5, 0.6) is 5.75 Å². The van der Waals surface area contributed by atoms with Crippen molar-refractivity contribution in [1.29, 1.82) is 0 Å². The number of nitrogens with one attached hydrogen (secondary N) is 1. The largest absolute Gasteiger partial charge is 0.497 e. The van der Waals surface area contributed by atoms with Gasteiger partial charge in [-0.25, -0.2) is 0 Å². The van der Waals surface area contributed by atoms with Crippen LogP contribution in [0.3, 0.4) is 0 Å². The maximum absolute atomic E-state index is 11.1. The van der Waals surface area contributed by atoms with E-state index >= 15 is 0 Å². The first-order chi connectivity index (χ1) is 9.12. The molecule has 0 aromatic heterocycles. The summed E-state index contributed by atoms with van der Waals surface area (Å²) in [6, 6.07) is 5.33. The molecule has 0 fully saturated rings. The van der Waals surface area contributed by atoms with Crippen molar-refractivity contribution in [2.24, 2.45) is 0 Å². The van der Waals surface area contributed by atoms with Crippen LogP contribution in [-0.2, 0) is 6.42 Å². The van der Waals surface area contributed by atoms with Gasteiger partial charge in [0.25, 0.3) is 5.69 Å². The number of nitro groups is 1. The highest BCUT2D eigenvalue weighted by atomic mass is 16.6. The number of hydrogen-bond donors (Lipinski definition) is 1. The van der Waals surface area contributed by atoms with Crippen molar-refractivity contribution >= 4 is 5.69 Å². The highest BCUT2D eigenvalue weighted by Gasteiger charge is 2.18. The van der Waals surface area contributed by atoms with Gasteiger partial charge in [-0.15, -0.1) is 0 Å². The molecule has 5 heteroatoms. The Morgan fingerprint density at radius 3 is 2.68 bits per heavy atom. The molecule has 106 valence electrons. The van der Waals surface area contributed by atoms with E-state index in [1.165, 1.54) is 13.2 Å². The third-order valence-electron chi connectivity index (χ3n) is 3.09.